The molecule has 1 aromatic carbocycles. The van der Waals surface area contributed by atoms with Gasteiger partial charge in [0.05, 0.1) is 0 Å². The molecule has 2 nitrogen and oxygen atoms in total. The number of hydrogen-bond donors (Lipinski definition) is 0. The smallest absolute Gasteiger partial charge is 0.167 e. The molecule has 0 aromatic heterocycles. The number of ketones is 1. The first-order valence-corrected chi connectivity index (χ1v) is 7.79. The number of benzene rings is 1. The first-order valence-electron chi connectivity index (χ1n) is 7.79. The molecule has 1 atom stereocenters. The summed E-state index contributed by atoms with van der Waals surface area (Å²) in [5.74, 6) is 0.507. The van der Waals surface area contributed by atoms with Crippen molar-refractivity contribution in [1.82, 2.24) is 4.90 Å². The number of hydrogen-bond acceptors (Lipinski definition) is 2. The zero-order valence-corrected chi connectivity index (χ0v) is 13.3. The molecule has 0 bridgehead atoms. The van der Waals surface area contributed by atoms with Crippen LogP contribution in [0.5, 0.6) is 0 Å². The van der Waals surface area contributed by atoms with E-state index in [0.717, 1.165) is 38.0 Å². The van der Waals surface area contributed by atoms with Crippen molar-refractivity contribution in [3.8, 4) is 0 Å². The van der Waals surface area contributed by atoms with Crippen molar-refractivity contribution in [3.05, 3.63) is 35.4 Å². The minimum Gasteiger partial charge on any atom is -0.303 e. The van der Waals surface area contributed by atoms with Crippen LogP contribution in [0, 0.1) is 5.92 Å². The summed E-state index contributed by atoms with van der Waals surface area (Å²) in [6.45, 7) is 11.9. The fourth-order valence-electron chi connectivity index (χ4n) is 2.93. The molecule has 2 rings (SSSR count). The van der Waals surface area contributed by atoms with Crippen LogP contribution in [0.15, 0.2) is 24.3 Å². The van der Waals surface area contributed by atoms with Crippen molar-refractivity contribution in [2.45, 2.75) is 46.0 Å². The van der Waals surface area contributed by atoms with E-state index in [-0.39, 0.29) is 11.3 Å². The second kappa shape index (κ2) is 6.09. The van der Waals surface area contributed by atoms with Crippen molar-refractivity contribution >= 4 is 5.78 Å². The van der Waals surface area contributed by atoms with E-state index >= 15 is 0 Å². The van der Waals surface area contributed by atoms with Gasteiger partial charge in [0.2, 0.25) is 0 Å². The van der Waals surface area contributed by atoms with Gasteiger partial charge in [-0.15, -0.1) is 0 Å². The third-order valence-corrected chi connectivity index (χ3v) is 4.36. The highest BCUT2D eigenvalue weighted by Gasteiger charge is 2.26. The van der Waals surface area contributed by atoms with Gasteiger partial charge in [-0.1, -0.05) is 52.0 Å². The Morgan fingerprint density at radius 2 is 1.90 bits per heavy atom. The first kappa shape index (κ1) is 15.2. The molecular weight excluding hydrogens is 246 g/mol. The van der Waals surface area contributed by atoms with Crippen molar-refractivity contribution in [2.24, 2.45) is 5.92 Å². The van der Waals surface area contributed by atoms with Gasteiger partial charge < -0.3 is 4.90 Å². The van der Waals surface area contributed by atoms with Gasteiger partial charge in [0.15, 0.2) is 5.78 Å². The molecule has 0 saturated carbocycles. The molecule has 1 fully saturated rings. The molecule has 1 aliphatic rings. The summed E-state index contributed by atoms with van der Waals surface area (Å²) in [5.41, 5.74) is 2.31. The Balaban J connectivity index is 2.09. The Kier molecular flexibility index (Phi) is 4.64. The Hall–Kier alpha value is -1.15. The van der Waals surface area contributed by atoms with Crippen LogP contribution in [0.2, 0.25) is 0 Å². The van der Waals surface area contributed by atoms with Gasteiger partial charge in [-0.05, 0) is 36.9 Å². The molecule has 1 heterocycles. The molecular formula is C18H27NO. The number of carbonyl (C=O) groups excluding carboxylic acids is 1. The summed E-state index contributed by atoms with van der Waals surface area (Å²) >= 11 is 0. The lowest BCUT2D eigenvalue weighted by Gasteiger charge is -2.31. The average Bonchev–Trinajstić information content (AvgIpc) is 2.46. The highest BCUT2D eigenvalue weighted by atomic mass is 16.1. The number of carbonyl (C=O) groups is 1. The summed E-state index contributed by atoms with van der Waals surface area (Å²) in [4.78, 5) is 15.0. The van der Waals surface area contributed by atoms with E-state index in [2.05, 4.69) is 44.7 Å². The summed E-state index contributed by atoms with van der Waals surface area (Å²) in [7, 11) is 0. The number of Topliss-reactive ketones (excluding diaryl/α,β-unsaturated/α-hetero) is 1. The number of likely N-dealkylation sites (tertiary alicyclic amines) is 1. The van der Waals surface area contributed by atoms with E-state index < -0.39 is 0 Å². The van der Waals surface area contributed by atoms with Crippen molar-refractivity contribution < 1.29 is 4.79 Å². The Bertz CT molecular complexity index is 455. The fraction of sp³-hybridized carbons (Fsp3) is 0.611. The van der Waals surface area contributed by atoms with Crippen molar-refractivity contribution in [2.75, 3.05) is 19.6 Å². The molecule has 20 heavy (non-hydrogen) atoms. The second-order valence-corrected chi connectivity index (χ2v) is 6.92. The highest BCUT2D eigenvalue weighted by Crippen LogP contribution is 2.25. The van der Waals surface area contributed by atoms with Gasteiger partial charge in [-0.25, -0.2) is 0 Å². The third kappa shape index (κ3) is 3.49. The number of nitrogens with zero attached hydrogens (tertiary/aromatic N) is 1. The van der Waals surface area contributed by atoms with Crippen LogP contribution in [0.1, 0.15) is 56.5 Å². The largest absolute Gasteiger partial charge is 0.303 e. The minimum absolute atomic E-state index is 0.144. The molecule has 0 spiro atoms. The molecule has 0 amide bonds. The molecule has 2 heteroatoms. The molecule has 1 saturated heterocycles. The van der Waals surface area contributed by atoms with Crippen LogP contribution < -0.4 is 0 Å². The van der Waals surface area contributed by atoms with Crippen LogP contribution in [0.25, 0.3) is 0 Å². The van der Waals surface area contributed by atoms with Crippen LogP contribution in [-0.4, -0.2) is 30.3 Å². The minimum atomic E-state index is 0.144. The molecule has 0 aliphatic carbocycles. The Morgan fingerprint density at radius 1 is 1.25 bits per heavy atom. The van der Waals surface area contributed by atoms with E-state index in [0.29, 0.717) is 5.78 Å². The Labute approximate surface area is 123 Å². The fourth-order valence-corrected chi connectivity index (χ4v) is 2.93. The summed E-state index contributed by atoms with van der Waals surface area (Å²) < 4.78 is 0. The standard InChI is InChI=1S/C18H27NO/c1-5-19-12-6-7-15(13-19)17(20)14-8-10-16(11-9-14)18(2,3)4/h8-11,15H,5-7,12-13H2,1-4H3. The maximum Gasteiger partial charge on any atom is 0.167 e. The Morgan fingerprint density at radius 3 is 2.45 bits per heavy atom. The summed E-state index contributed by atoms with van der Waals surface area (Å²) in [6.07, 6.45) is 2.18. The van der Waals surface area contributed by atoms with Crippen molar-refractivity contribution in [3.63, 3.8) is 0 Å². The molecule has 1 unspecified atom stereocenters. The van der Waals surface area contributed by atoms with Gasteiger partial charge >= 0.3 is 0 Å². The highest BCUT2D eigenvalue weighted by molar-refractivity contribution is 5.98. The zero-order valence-electron chi connectivity index (χ0n) is 13.3. The van der Waals surface area contributed by atoms with Crippen LogP contribution in [-0.2, 0) is 5.41 Å². The topological polar surface area (TPSA) is 20.3 Å². The van der Waals surface area contributed by atoms with Crippen molar-refractivity contribution in [1.29, 1.82) is 0 Å². The van der Waals surface area contributed by atoms with E-state index in [1.807, 2.05) is 12.1 Å². The second-order valence-electron chi connectivity index (χ2n) is 6.92. The molecule has 110 valence electrons. The van der Waals surface area contributed by atoms with E-state index in [9.17, 15) is 4.79 Å². The van der Waals surface area contributed by atoms with Gasteiger partial charge in [0.1, 0.15) is 0 Å². The lowest BCUT2D eigenvalue weighted by Crippen LogP contribution is -2.38. The lowest BCUT2D eigenvalue weighted by atomic mass is 9.85. The SMILES string of the molecule is CCN1CCCC(C(=O)c2ccc(C(C)(C)C)cc2)C1. The quantitative estimate of drug-likeness (QED) is 0.779. The molecule has 0 N–H and O–H groups in total. The maximum absolute atomic E-state index is 12.6. The molecule has 1 aromatic rings. The lowest BCUT2D eigenvalue weighted by molar-refractivity contribution is 0.0825. The molecule has 0 radical (unpaired) electrons. The van der Waals surface area contributed by atoms with E-state index in [1.165, 1.54) is 5.56 Å². The normalized spacial score (nSPS) is 20.9. The van der Waals surface area contributed by atoms with Crippen LogP contribution >= 0.6 is 0 Å². The monoisotopic (exact) mass is 273 g/mol. The average molecular weight is 273 g/mol. The third-order valence-electron chi connectivity index (χ3n) is 4.36. The summed E-state index contributed by atoms with van der Waals surface area (Å²) in [5, 5.41) is 0. The van der Waals surface area contributed by atoms with Crippen LogP contribution in [0.3, 0.4) is 0 Å². The van der Waals surface area contributed by atoms with Gasteiger partial charge in [0, 0.05) is 18.0 Å². The van der Waals surface area contributed by atoms with Gasteiger partial charge in [-0.2, -0.15) is 0 Å². The summed E-state index contributed by atoms with van der Waals surface area (Å²) in [6, 6.07) is 8.23. The predicted octanol–water partition coefficient (Wildman–Crippen LogP) is 3.90. The number of rotatable bonds is 3. The molecule has 1 aliphatic heterocycles. The maximum atomic E-state index is 12.6. The van der Waals surface area contributed by atoms with Gasteiger partial charge in [-0.3, -0.25) is 4.79 Å². The predicted molar refractivity (Wildman–Crippen MR) is 84.3 cm³/mol. The van der Waals surface area contributed by atoms with Gasteiger partial charge in [0.25, 0.3) is 0 Å². The first-order chi connectivity index (χ1) is 9.41. The zero-order chi connectivity index (χ0) is 14.8. The van der Waals surface area contributed by atoms with E-state index in [1.54, 1.807) is 0 Å². The number of piperidine rings is 1. The van der Waals surface area contributed by atoms with E-state index in [4.69, 9.17) is 0 Å². The van der Waals surface area contributed by atoms with Crippen LogP contribution in [0.4, 0.5) is 0 Å².